The second kappa shape index (κ2) is 6.91. The average Bonchev–Trinajstić information content (AvgIpc) is 3.09. The summed E-state index contributed by atoms with van der Waals surface area (Å²) in [5.41, 5.74) is 9.17. The van der Waals surface area contributed by atoms with Crippen LogP contribution in [0.3, 0.4) is 0 Å². The maximum absolute atomic E-state index is 6.24. The average molecular weight is 385 g/mol. The van der Waals surface area contributed by atoms with E-state index in [1.54, 1.807) is 6.20 Å². The largest absolute Gasteiger partial charge is 0.457 e. The second-order valence-electron chi connectivity index (χ2n) is 6.78. The third kappa shape index (κ3) is 3.36. The van der Waals surface area contributed by atoms with Crippen LogP contribution in [-0.2, 0) is 0 Å². The Labute approximate surface area is 167 Å². The molecule has 1 aliphatic heterocycles. The van der Waals surface area contributed by atoms with Gasteiger partial charge in [-0.05, 0) is 30.3 Å². The van der Waals surface area contributed by atoms with Crippen molar-refractivity contribution in [1.82, 2.24) is 4.98 Å². The third-order valence-electron chi connectivity index (χ3n) is 4.63. The van der Waals surface area contributed by atoms with Crippen molar-refractivity contribution in [2.75, 3.05) is 11.1 Å². The highest BCUT2D eigenvalue weighted by Gasteiger charge is 2.22. The minimum absolute atomic E-state index is 0.317. The molecule has 3 N–H and O–H groups in total. The van der Waals surface area contributed by atoms with Gasteiger partial charge in [-0.25, -0.2) is 0 Å². The number of hydrogen-bond donors (Lipinski definition) is 2. The SMILES string of the molecule is CC1Oc2cc3ncc(N)c(Nc4cccc(Oc5ccccc5)c4)c3cc2O1. The van der Waals surface area contributed by atoms with E-state index in [4.69, 9.17) is 19.9 Å². The maximum atomic E-state index is 6.24. The predicted molar refractivity (Wildman–Crippen MR) is 113 cm³/mol. The van der Waals surface area contributed by atoms with E-state index in [2.05, 4.69) is 10.3 Å². The molecule has 0 saturated heterocycles. The lowest BCUT2D eigenvalue weighted by Crippen LogP contribution is -2.11. The first-order valence-corrected chi connectivity index (χ1v) is 9.31. The number of nitrogens with one attached hydrogen (secondary N) is 1. The van der Waals surface area contributed by atoms with Crippen molar-refractivity contribution in [2.45, 2.75) is 13.2 Å². The maximum Gasteiger partial charge on any atom is 0.238 e. The van der Waals surface area contributed by atoms with Gasteiger partial charge in [0.05, 0.1) is 23.1 Å². The number of ether oxygens (including phenoxy) is 3. The molecule has 5 rings (SSSR count). The fraction of sp³-hybridized carbons (Fsp3) is 0.0870. The molecule has 2 heterocycles. The number of nitrogens with two attached hydrogens (primary N) is 1. The van der Waals surface area contributed by atoms with Gasteiger partial charge in [0, 0.05) is 30.1 Å². The zero-order valence-corrected chi connectivity index (χ0v) is 15.8. The molecule has 0 fully saturated rings. The quantitative estimate of drug-likeness (QED) is 0.485. The number of aromatic nitrogens is 1. The van der Waals surface area contributed by atoms with Crippen LogP contribution in [0, 0.1) is 0 Å². The molecule has 144 valence electrons. The molecule has 6 nitrogen and oxygen atoms in total. The molecule has 1 aromatic heterocycles. The van der Waals surface area contributed by atoms with Crippen molar-refractivity contribution < 1.29 is 14.2 Å². The van der Waals surface area contributed by atoms with Crippen LogP contribution in [0.25, 0.3) is 10.9 Å². The zero-order chi connectivity index (χ0) is 19.8. The standard InChI is InChI=1S/C23H19N3O3/c1-14-27-21-11-18-20(12-22(21)28-14)25-13-19(24)23(18)26-15-6-5-9-17(10-15)29-16-7-3-2-4-8-16/h2-14H,24H2,1H3,(H,25,26). The lowest BCUT2D eigenvalue weighted by Gasteiger charge is -2.14. The normalized spacial score (nSPS) is 14.7. The number of benzene rings is 3. The number of pyridine rings is 1. The molecule has 6 heteroatoms. The van der Waals surface area contributed by atoms with E-state index in [0.29, 0.717) is 17.2 Å². The van der Waals surface area contributed by atoms with Crippen molar-refractivity contribution in [3.05, 3.63) is 72.9 Å². The van der Waals surface area contributed by atoms with Gasteiger partial charge in [0.15, 0.2) is 11.5 Å². The number of para-hydroxylation sites is 1. The van der Waals surface area contributed by atoms with E-state index >= 15 is 0 Å². The van der Waals surface area contributed by atoms with Crippen LogP contribution in [0.4, 0.5) is 17.1 Å². The Bertz CT molecular complexity index is 1190. The summed E-state index contributed by atoms with van der Waals surface area (Å²) in [7, 11) is 0. The summed E-state index contributed by atoms with van der Waals surface area (Å²) in [6, 6.07) is 21.1. The van der Waals surface area contributed by atoms with Crippen LogP contribution in [0.5, 0.6) is 23.0 Å². The Hall–Kier alpha value is -3.93. The first-order valence-electron chi connectivity index (χ1n) is 9.31. The van der Waals surface area contributed by atoms with E-state index in [-0.39, 0.29) is 6.29 Å². The van der Waals surface area contributed by atoms with Gasteiger partial charge in [-0.1, -0.05) is 24.3 Å². The topological polar surface area (TPSA) is 78.6 Å². The zero-order valence-electron chi connectivity index (χ0n) is 15.8. The molecule has 1 aliphatic rings. The molecule has 29 heavy (non-hydrogen) atoms. The van der Waals surface area contributed by atoms with E-state index in [1.807, 2.05) is 73.7 Å². The Morgan fingerprint density at radius 2 is 1.69 bits per heavy atom. The number of anilines is 3. The Balaban J connectivity index is 1.50. The number of fused-ring (bicyclic) bond motifs is 2. The highest BCUT2D eigenvalue weighted by molar-refractivity contribution is 6.00. The fourth-order valence-corrected chi connectivity index (χ4v) is 3.33. The van der Waals surface area contributed by atoms with E-state index in [0.717, 1.165) is 33.8 Å². The van der Waals surface area contributed by atoms with E-state index in [9.17, 15) is 0 Å². The van der Waals surface area contributed by atoms with Crippen molar-refractivity contribution in [3.8, 4) is 23.0 Å². The Morgan fingerprint density at radius 1 is 0.931 bits per heavy atom. The molecule has 0 spiro atoms. The van der Waals surface area contributed by atoms with Gasteiger partial charge in [-0.2, -0.15) is 0 Å². The number of nitrogen functional groups attached to an aromatic ring is 1. The summed E-state index contributed by atoms with van der Waals surface area (Å²) in [4.78, 5) is 4.43. The third-order valence-corrected chi connectivity index (χ3v) is 4.63. The molecule has 3 aromatic carbocycles. The van der Waals surface area contributed by atoms with Crippen LogP contribution >= 0.6 is 0 Å². The Morgan fingerprint density at radius 3 is 2.52 bits per heavy atom. The number of nitrogens with zero attached hydrogens (tertiary/aromatic N) is 1. The second-order valence-corrected chi connectivity index (χ2v) is 6.78. The molecule has 1 atom stereocenters. The lowest BCUT2D eigenvalue weighted by atomic mass is 10.1. The van der Waals surface area contributed by atoms with E-state index < -0.39 is 0 Å². The molecule has 0 radical (unpaired) electrons. The molecular formula is C23H19N3O3. The minimum atomic E-state index is -0.317. The highest BCUT2D eigenvalue weighted by Crippen LogP contribution is 2.41. The van der Waals surface area contributed by atoms with Crippen LogP contribution in [0.2, 0.25) is 0 Å². The molecule has 0 aliphatic carbocycles. The van der Waals surface area contributed by atoms with Gasteiger partial charge >= 0.3 is 0 Å². The van der Waals surface area contributed by atoms with Gasteiger partial charge < -0.3 is 25.3 Å². The minimum Gasteiger partial charge on any atom is -0.457 e. The monoisotopic (exact) mass is 385 g/mol. The molecule has 0 saturated carbocycles. The fourth-order valence-electron chi connectivity index (χ4n) is 3.33. The highest BCUT2D eigenvalue weighted by atomic mass is 16.7. The molecule has 4 aromatic rings. The van der Waals surface area contributed by atoms with E-state index in [1.165, 1.54) is 0 Å². The van der Waals surface area contributed by atoms with Gasteiger partial charge in [0.25, 0.3) is 0 Å². The number of hydrogen-bond acceptors (Lipinski definition) is 6. The number of rotatable bonds is 4. The summed E-state index contributed by atoms with van der Waals surface area (Å²) in [5.74, 6) is 2.87. The van der Waals surface area contributed by atoms with Gasteiger partial charge in [-0.3, -0.25) is 4.98 Å². The summed E-state index contributed by atoms with van der Waals surface area (Å²) in [5, 5.41) is 4.26. The van der Waals surface area contributed by atoms with Crippen LogP contribution < -0.4 is 25.3 Å². The summed E-state index contributed by atoms with van der Waals surface area (Å²) >= 11 is 0. The van der Waals surface area contributed by atoms with Gasteiger partial charge in [0.2, 0.25) is 6.29 Å². The summed E-state index contributed by atoms with van der Waals surface area (Å²) < 4.78 is 17.3. The summed E-state index contributed by atoms with van der Waals surface area (Å²) in [6.45, 7) is 1.85. The lowest BCUT2D eigenvalue weighted by molar-refractivity contribution is 0.0679. The van der Waals surface area contributed by atoms with Crippen molar-refractivity contribution in [1.29, 1.82) is 0 Å². The van der Waals surface area contributed by atoms with Crippen molar-refractivity contribution >= 4 is 28.0 Å². The van der Waals surface area contributed by atoms with Gasteiger partial charge in [-0.15, -0.1) is 0 Å². The predicted octanol–water partition coefficient (Wildman–Crippen LogP) is 5.47. The van der Waals surface area contributed by atoms with Crippen molar-refractivity contribution in [3.63, 3.8) is 0 Å². The molecular weight excluding hydrogens is 366 g/mol. The van der Waals surface area contributed by atoms with Crippen LogP contribution in [-0.4, -0.2) is 11.3 Å². The smallest absolute Gasteiger partial charge is 0.238 e. The Kier molecular flexibility index (Phi) is 4.09. The first kappa shape index (κ1) is 17.2. The van der Waals surface area contributed by atoms with Crippen LogP contribution in [0.15, 0.2) is 72.9 Å². The first-order chi connectivity index (χ1) is 14.2. The van der Waals surface area contributed by atoms with Crippen molar-refractivity contribution in [2.24, 2.45) is 0 Å². The van der Waals surface area contributed by atoms with Crippen LogP contribution in [0.1, 0.15) is 6.92 Å². The molecule has 1 unspecified atom stereocenters. The van der Waals surface area contributed by atoms with Gasteiger partial charge in [0.1, 0.15) is 11.5 Å². The summed E-state index contributed by atoms with van der Waals surface area (Å²) in [6.07, 6.45) is 1.32. The molecule has 0 bridgehead atoms. The molecule has 0 amide bonds.